The van der Waals surface area contributed by atoms with Gasteiger partial charge in [-0.3, -0.25) is 14.9 Å². The van der Waals surface area contributed by atoms with E-state index in [2.05, 4.69) is 10.3 Å². The van der Waals surface area contributed by atoms with Gasteiger partial charge in [-0.05, 0) is 43.7 Å². The molecule has 0 spiro atoms. The highest BCUT2D eigenvalue weighted by molar-refractivity contribution is 6.07. The summed E-state index contributed by atoms with van der Waals surface area (Å²) < 4.78 is 0. The van der Waals surface area contributed by atoms with Gasteiger partial charge in [0, 0.05) is 17.4 Å². The number of nitro groups is 1. The Morgan fingerprint density at radius 3 is 2.62 bits per heavy atom. The molecule has 1 amide bonds. The van der Waals surface area contributed by atoms with E-state index in [0.29, 0.717) is 5.82 Å². The first kappa shape index (κ1) is 14.4. The summed E-state index contributed by atoms with van der Waals surface area (Å²) in [6.45, 7) is 3.67. The monoisotopic (exact) mass is 286 g/mol. The maximum Gasteiger partial charge on any atom is 0.282 e. The van der Waals surface area contributed by atoms with Crippen LogP contribution in [0.4, 0.5) is 17.2 Å². The van der Waals surface area contributed by atoms with Gasteiger partial charge < -0.3 is 11.1 Å². The Bertz CT molecular complexity index is 708. The van der Waals surface area contributed by atoms with Crippen LogP contribution in [0.2, 0.25) is 0 Å². The summed E-state index contributed by atoms with van der Waals surface area (Å²) in [6, 6.07) is 7.40. The van der Waals surface area contributed by atoms with Crippen molar-refractivity contribution in [2.75, 3.05) is 11.1 Å². The molecule has 1 aromatic heterocycles. The summed E-state index contributed by atoms with van der Waals surface area (Å²) in [5, 5.41) is 13.5. The lowest BCUT2D eigenvalue weighted by atomic mass is 10.1. The van der Waals surface area contributed by atoms with E-state index < -0.39 is 10.8 Å². The molecule has 0 saturated heterocycles. The summed E-state index contributed by atoms with van der Waals surface area (Å²) >= 11 is 0. The van der Waals surface area contributed by atoms with Gasteiger partial charge in [-0.15, -0.1) is 0 Å². The number of hydrogen-bond acceptors (Lipinski definition) is 5. The number of benzene rings is 1. The highest BCUT2D eigenvalue weighted by Gasteiger charge is 2.20. The minimum absolute atomic E-state index is 0.0963. The van der Waals surface area contributed by atoms with E-state index in [9.17, 15) is 14.9 Å². The molecule has 0 aliphatic rings. The maximum atomic E-state index is 12.2. The summed E-state index contributed by atoms with van der Waals surface area (Å²) in [6.07, 6.45) is 0. The first-order valence-electron chi connectivity index (χ1n) is 6.17. The fourth-order valence-electron chi connectivity index (χ4n) is 1.98. The lowest BCUT2D eigenvalue weighted by Crippen LogP contribution is -2.15. The number of nitro benzene ring substituents is 1. The molecule has 2 rings (SSSR count). The van der Waals surface area contributed by atoms with Gasteiger partial charge in [-0.2, -0.15) is 0 Å². The number of rotatable bonds is 3. The zero-order valence-electron chi connectivity index (χ0n) is 11.6. The largest absolute Gasteiger partial charge is 0.399 e. The molecule has 7 nitrogen and oxygen atoms in total. The van der Waals surface area contributed by atoms with Crippen LogP contribution < -0.4 is 11.1 Å². The topological polar surface area (TPSA) is 111 Å². The van der Waals surface area contributed by atoms with Crippen LogP contribution in [0.25, 0.3) is 0 Å². The predicted octanol–water partition coefficient (Wildman–Crippen LogP) is 2.44. The van der Waals surface area contributed by atoms with E-state index >= 15 is 0 Å². The van der Waals surface area contributed by atoms with Crippen LogP contribution in [-0.4, -0.2) is 15.8 Å². The number of pyridine rings is 1. The number of carbonyl (C=O) groups is 1. The number of aryl methyl sites for hydroxylation is 2. The fraction of sp³-hybridized carbons (Fsp3) is 0.143. The van der Waals surface area contributed by atoms with Crippen molar-refractivity contribution in [1.82, 2.24) is 4.98 Å². The Morgan fingerprint density at radius 2 is 2.00 bits per heavy atom. The fourth-order valence-corrected chi connectivity index (χ4v) is 1.98. The normalized spacial score (nSPS) is 10.2. The molecular formula is C14H14N4O3. The second kappa shape index (κ2) is 5.58. The molecule has 1 heterocycles. The number of nitrogens with zero attached hydrogens (tertiary/aromatic N) is 2. The molecule has 0 bridgehead atoms. The molecule has 2 aromatic rings. The average molecular weight is 286 g/mol. The van der Waals surface area contributed by atoms with E-state index in [1.54, 1.807) is 13.0 Å². The van der Waals surface area contributed by atoms with Crippen LogP contribution in [0.1, 0.15) is 21.6 Å². The van der Waals surface area contributed by atoms with Gasteiger partial charge in [0.2, 0.25) is 0 Å². The minimum atomic E-state index is -0.622. The number of carbonyl (C=O) groups excluding carboxylic acids is 1. The van der Waals surface area contributed by atoms with Crippen molar-refractivity contribution in [3.63, 3.8) is 0 Å². The molecule has 0 saturated carbocycles. The molecule has 0 radical (unpaired) electrons. The van der Waals surface area contributed by atoms with Gasteiger partial charge in [0.05, 0.1) is 4.92 Å². The molecule has 0 fully saturated rings. The summed E-state index contributed by atoms with van der Waals surface area (Å²) in [5.74, 6) is -0.277. The molecule has 1 aromatic carbocycles. The Labute approximate surface area is 121 Å². The van der Waals surface area contributed by atoms with Gasteiger partial charge >= 0.3 is 0 Å². The number of nitrogens with two attached hydrogens (primary N) is 1. The Hall–Kier alpha value is -2.96. The highest BCUT2D eigenvalue weighted by Crippen LogP contribution is 2.22. The highest BCUT2D eigenvalue weighted by atomic mass is 16.6. The van der Waals surface area contributed by atoms with Crippen molar-refractivity contribution >= 4 is 23.1 Å². The van der Waals surface area contributed by atoms with Gasteiger partial charge in [0.15, 0.2) is 0 Å². The quantitative estimate of drug-likeness (QED) is 0.511. The Morgan fingerprint density at radius 1 is 1.29 bits per heavy atom. The second-order valence-electron chi connectivity index (χ2n) is 4.66. The van der Waals surface area contributed by atoms with Crippen LogP contribution in [-0.2, 0) is 0 Å². The summed E-state index contributed by atoms with van der Waals surface area (Å²) in [4.78, 5) is 26.7. The first-order valence-corrected chi connectivity index (χ1v) is 6.17. The maximum absolute atomic E-state index is 12.2. The van der Waals surface area contributed by atoms with Crippen molar-refractivity contribution in [3.05, 3.63) is 57.3 Å². The smallest absolute Gasteiger partial charge is 0.282 e. The lowest BCUT2D eigenvalue weighted by molar-refractivity contribution is -0.385. The number of aromatic nitrogens is 1. The minimum Gasteiger partial charge on any atom is -0.399 e. The SMILES string of the molecule is Cc1cc(C)nc(NC(=O)c2cc(N)ccc2[N+](=O)[O-])c1. The van der Waals surface area contributed by atoms with Crippen LogP contribution >= 0.6 is 0 Å². The third-order valence-corrected chi connectivity index (χ3v) is 2.80. The Balaban J connectivity index is 2.36. The average Bonchev–Trinajstić information content (AvgIpc) is 2.36. The number of nitrogen functional groups attached to an aromatic ring is 1. The molecule has 108 valence electrons. The van der Waals surface area contributed by atoms with E-state index in [4.69, 9.17) is 5.73 Å². The number of amides is 1. The number of anilines is 2. The van der Waals surface area contributed by atoms with Gasteiger partial charge in [0.25, 0.3) is 11.6 Å². The van der Waals surface area contributed by atoms with Gasteiger partial charge in [-0.1, -0.05) is 0 Å². The standard InChI is InChI=1S/C14H14N4O3/c1-8-5-9(2)16-13(6-8)17-14(19)11-7-10(15)3-4-12(11)18(20)21/h3-7H,15H2,1-2H3,(H,16,17,19). The zero-order valence-corrected chi connectivity index (χ0v) is 11.6. The van der Waals surface area contributed by atoms with Crippen molar-refractivity contribution in [2.45, 2.75) is 13.8 Å². The van der Waals surface area contributed by atoms with Crippen molar-refractivity contribution < 1.29 is 9.72 Å². The van der Waals surface area contributed by atoms with Crippen molar-refractivity contribution in [3.8, 4) is 0 Å². The van der Waals surface area contributed by atoms with Crippen LogP contribution in [0.3, 0.4) is 0 Å². The molecule has 0 aliphatic carbocycles. The number of hydrogen-bond donors (Lipinski definition) is 2. The van der Waals surface area contributed by atoms with Crippen LogP contribution in [0.15, 0.2) is 30.3 Å². The lowest BCUT2D eigenvalue weighted by Gasteiger charge is -2.07. The molecule has 3 N–H and O–H groups in total. The second-order valence-corrected chi connectivity index (χ2v) is 4.66. The molecule has 0 aliphatic heterocycles. The van der Waals surface area contributed by atoms with Gasteiger partial charge in [0.1, 0.15) is 11.4 Å². The molecule has 0 atom stereocenters. The van der Waals surface area contributed by atoms with Crippen molar-refractivity contribution in [2.24, 2.45) is 0 Å². The van der Waals surface area contributed by atoms with Crippen molar-refractivity contribution in [1.29, 1.82) is 0 Å². The zero-order chi connectivity index (χ0) is 15.6. The third-order valence-electron chi connectivity index (χ3n) is 2.80. The summed E-state index contributed by atoms with van der Waals surface area (Å²) in [5.41, 5.74) is 7.14. The Kier molecular flexibility index (Phi) is 3.84. The molecule has 21 heavy (non-hydrogen) atoms. The van der Waals surface area contributed by atoms with E-state index in [-0.39, 0.29) is 16.9 Å². The third kappa shape index (κ3) is 3.33. The van der Waals surface area contributed by atoms with E-state index in [0.717, 1.165) is 11.3 Å². The summed E-state index contributed by atoms with van der Waals surface area (Å²) in [7, 11) is 0. The van der Waals surface area contributed by atoms with E-state index in [1.165, 1.54) is 18.2 Å². The molecule has 7 heteroatoms. The molecule has 0 unspecified atom stereocenters. The van der Waals surface area contributed by atoms with Gasteiger partial charge in [-0.25, -0.2) is 4.98 Å². The van der Waals surface area contributed by atoms with Crippen LogP contribution in [0.5, 0.6) is 0 Å². The van der Waals surface area contributed by atoms with E-state index in [1.807, 2.05) is 13.0 Å². The van der Waals surface area contributed by atoms with Crippen LogP contribution in [0, 0.1) is 24.0 Å². The molecular weight excluding hydrogens is 272 g/mol. The number of nitrogens with one attached hydrogen (secondary N) is 1. The first-order chi connectivity index (χ1) is 9.86. The predicted molar refractivity (Wildman–Crippen MR) is 79.2 cm³/mol.